The van der Waals surface area contributed by atoms with Crippen molar-refractivity contribution in [3.8, 4) is 0 Å². The zero-order chi connectivity index (χ0) is 16.5. The second-order valence-electron chi connectivity index (χ2n) is 6.99. The Labute approximate surface area is 141 Å². The molecule has 1 saturated carbocycles. The molecule has 0 aromatic carbocycles. The van der Waals surface area contributed by atoms with Crippen molar-refractivity contribution in [2.45, 2.75) is 44.7 Å². The van der Waals surface area contributed by atoms with E-state index in [0.717, 1.165) is 37.4 Å². The zero-order valence-electron chi connectivity index (χ0n) is 14.0. The fraction of sp³-hybridized carbons (Fsp3) is 0.588. The molecule has 0 radical (unpaired) electrons. The van der Waals surface area contributed by atoms with E-state index in [4.69, 9.17) is 0 Å². The van der Waals surface area contributed by atoms with E-state index >= 15 is 0 Å². The van der Waals surface area contributed by atoms with Gasteiger partial charge in [0.15, 0.2) is 5.65 Å². The van der Waals surface area contributed by atoms with Crippen molar-refractivity contribution in [2.24, 2.45) is 5.92 Å². The maximum atomic E-state index is 12.4. The first-order chi connectivity index (χ1) is 11.7. The molecule has 2 N–H and O–H groups in total. The van der Waals surface area contributed by atoms with Crippen LogP contribution in [0, 0.1) is 5.92 Å². The molecule has 2 aromatic heterocycles. The largest absolute Gasteiger partial charge is 0.364 e. The highest BCUT2D eigenvalue weighted by molar-refractivity contribution is 5.75. The lowest BCUT2D eigenvalue weighted by Gasteiger charge is -2.23. The van der Waals surface area contributed by atoms with Crippen LogP contribution in [0.5, 0.6) is 0 Å². The Balaban J connectivity index is 1.33. The second-order valence-corrected chi connectivity index (χ2v) is 6.99. The summed E-state index contributed by atoms with van der Waals surface area (Å²) < 4.78 is 1.75. The quantitative estimate of drug-likeness (QED) is 0.905. The van der Waals surface area contributed by atoms with Crippen LogP contribution in [0.2, 0.25) is 0 Å². The second kappa shape index (κ2) is 6.30. The Hall–Kier alpha value is -2.31. The normalized spacial score (nSPS) is 26.9. The minimum Gasteiger partial charge on any atom is -0.364 e. The van der Waals surface area contributed by atoms with E-state index in [2.05, 4.69) is 27.6 Å². The molecule has 3 unspecified atom stereocenters. The van der Waals surface area contributed by atoms with E-state index in [1.807, 2.05) is 23.2 Å². The number of fused-ring (bicyclic) bond motifs is 1. The highest BCUT2D eigenvalue weighted by atomic mass is 16.2. The number of carbonyl (C=O) groups is 1. The fourth-order valence-corrected chi connectivity index (χ4v) is 3.77. The molecular formula is C17H24N6O. The molecule has 7 nitrogen and oxygen atoms in total. The lowest BCUT2D eigenvalue weighted by molar-refractivity contribution is 0.201. The molecule has 3 atom stereocenters. The van der Waals surface area contributed by atoms with Crippen LogP contribution in [0.15, 0.2) is 24.5 Å². The minimum atomic E-state index is 0.0797. The summed E-state index contributed by atoms with van der Waals surface area (Å²) in [5.74, 6) is 1.41. The van der Waals surface area contributed by atoms with E-state index in [-0.39, 0.29) is 12.1 Å². The van der Waals surface area contributed by atoms with Crippen LogP contribution in [0.25, 0.3) is 5.65 Å². The van der Waals surface area contributed by atoms with E-state index in [1.165, 1.54) is 12.8 Å². The lowest BCUT2D eigenvalue weighted by atomic mass is 10.1. The third kappa shape index (κ3) is 3.02. The summed E-state index contributed by atoms with van der Waals surface area (Å²) in [6.07, 6.45) is 8.06. The Kier molecular flexibility index (Phi) is 4.00. The van der Waals surface area contributed by atoms with Crippen molar-refractivity contribution in [1.82, 2.24) is 24.8 Å². The summed E-state index contributed by atoms with van der Waals surface area (Å²) in [6.45, 7) is 3.73. The maximum Gasteiger partial charge on any atom is 0.317 e. The Morgan fingerprint density at radius 1 is 1.29 bits per heavy atom. The predicted octanol–water partition coefficient (Wildman–Crippen LogP) is 2.11. The summed E-state index contributed by atoms with van der Waals surface area (Å²) in [7, 11) is 0. The average molecular weight is 328 g/mol. The number of hydrogen-bond acceptors (Lipinski definition) is 4. The summed E-state index contributed by atoms with van der Waals surface area (Å²) in [4.78, 5) is 18.6. The van der Waals surface area contributed by atoms with Gasteiger partial charge in [-0.2, -0.15) is 0 Å². The highest BCUT2D eigenvalue weighted by Gasteiger charge is 2.30. The third-order valence-electron chi connectivity index (χ3n) is 5.25. The molecule has 128 valence electrons. The number of amides is 2. The zero-order valence-corrected chi connectivity index (χ0v) is 14.0. The molecule has 2 aliphatic rings. The van der Waals surface area contributed by atoms with Crippen LogP contribution in [0.1, 0.15) is 32.6 Å². The molecule has 4 rings (SSSR count). The summed E-state index contributed by atoms with van der Waals surface area (Å²) in [5.41, 5.74) is 0.832. The van der Waals surface area contributed by atoms with E-state index in [0.29, 0.717) is 12.0 Å². The molecule has 1 aliphatic heterocycles. The molecule has 7 heteroatoms. The maximum absolute atomic E-state index is 12.4. The average Bonchev–Trinajstić information content (AvgIpc) is 3.29. The van der Waals surface area contributed by atoms with Gasteiger partial charge in [-0.3, -0.25) is 0 Å². The van der Waals surface area contributed by atoms with Gasteiger partial charge in [0.25, 0.3) is 0 Å². The van der Waals surface area contributed by atoms with E-state index in [1.54, 1.807) is 10.7 Å². The number of likely N-dealkylation sites (tertiary alicyclic amines) is 1. The smallest absolute Gasteiger partial charge is 0.317 e. The summed E-state index contributed by atoms with van der Waals surface area (Å²) in [6, 6.07) is 4.54. The molecule has 0 bridgehead atoms. The number of aromatic nitrogens is 3. The molecule has 2 fully saturated rings. The van der Waals surface area contributed by atoms with Gasteiger partial charge >= 0.3 is 6.03 Å². The van der Waals surface area contributed by atoms with Crippen molar-refractivity contribution in [3.63, 3.8) is 0 Å². The lowest BCUT2D eigenvalue weighted by Crippen LogP contribution is -2.45. The number of imidazole rings is 1. The number of nitrogens with one attached hydrogen (secondary N) is 2. The molecule has 0 spiro atoms. The van der Waals surface area contributed by atoms with Gasteiger partial charge in [0.05, 0.1) is 0 Å². The monoisotopic (exact) mass is 328 g/mol. The van der Waals surface area contributed by atoms with Crippen molar-refractivity contribution in [3.05, 3.63) is 24.5 Å². The standard InChI is InChI=1S/C17H24N6O/c1-12-3-2-4-14(12)20-17(24)22-9-7-13(11-22)19-15-5-6-16-18-8-10-23(16)21-15/h5-6,8,10,12-14H,2-4,7,9,11H2,1H3,(H,19,21)(H,20,24). The topological polar surface area (TPSA) is 74.6 Å². The van der Waals surface area contributed by atoms with Crippen molar-refractivity contribution in [1.29, 1.82) is 0 Å². The molecule has 2 amide bonds. The third-order valence-corrected chi connectivity index (χ3v) is 5.25. The number of urea groups is 1. The number of nitrogens with zero attached hydrogens (tertiary/aromatic N) is 4. The Morgan fingerprint density at radius 2 is 2.21 bits per heavy atom. The molecule has 1 saturated heterocycles. The number of carbonyl (C=O) groups excluding carboxylic acids is 1. The first-order valence-electron chi connectivity index (χ1n) is 8.81. The highest BCUT2D eigenvalue weighted by Crippen LogP contribution is 2.25. The van der Waals surface area contributed by atoms with Gasteiger partial charge in [0.2, 0.25) is 0 Å². The van der Waals surface area contributed by atoms with E-state index < -0.39 is 0 Å². The minimum absolute atomic E-state index is 0.0797. The van der Waals surface area contributed by atoms with Gasteiger partial charge in [0, 0.05) is 37.6 Å². The van der Waals surface area contributed by atoms with Gasteiger partial charge in [-0.1, -0.05) is 13.3 Å². The fourth-order valence-electron chi connectivity index (χ4n) is 3.77. The van der Waals surface area contributed by atoms with Gasteiger partial charge in [0.1, 0.15) is 5.82 Å². The SMILES string of the molecule is CC1CCCC1NC(=O)N1CCC(Nc2ccc3nccn3n2)C1. The van der Waals surface area contributed by atoms with Crippen molar-refractivity contribution >= 4 is 17.5 Å². The molecule has 2 aromatic rings. The van der Waals surface area contributed by atoms with Gasteiger partial charge < -0.3 is 15.5 Å². The Bertz CT molecular complexity index is 729. The number of rotatable bonds is 3. The first-order valence-corrected chi connectivity index (χ1v) is 8.81. The van der Waals surface area contributed by atoms with Crippen LogP contribution < -0.4 is 10.6 Å². The van der Waals surface area contributed by atoms with Crippen LogP contribution in [-0.2, 0) is 0 Å². The summed E-state index contributed by atoms with van der Waals surface area (Å²) >= 11 is 0. The van der Waals surface area contributed by atoms with Crippen LogP contribution >= 0.6 is 0 Å². The van der Waals surface area contributed by atoms with Crippen LogP contribution in [-0.4, -0.2) is 50.7 Å². The van der Waals surface area contributed by atoms with E-state index in [9.17, 15) is 4.79 Å². The summed E-state index contributed by atoms with van der Waals surface area (Å²) in [5, 5.41) is 11.1. The molecular weight excluding hydrogens is 304 g/mol. The predicted molar refractivity (Wildman–Crippen MR) is 91.9 cm³/mol. The van der Waals surface area contributed by atoms with Gasteiger partial charge in [-0.25, -0.2) is 14.3 Å². The number of hydrogen-bond donors (Lipinski definition) is 2. The molecule has 1 aliphatic carbocycles. The van der Waals surface area contributed by atoms with Crippen LogP contribution in [0.4, 0.5) is 10.6 Å². The van der Waals surface area contributed by atoms with Gasteiger partial charge in [-0.15, -0.1) is 5.10 Å². The van der Waals surface area contributed by atoms with Crippen molar-refractivity contribution < 1.29 is 4.79 Å². The van der Waals surface area contributed by atoms with Crippen molar-refractivity contribution in [2.75, 3.05) is 18.4 Å². The Morgan fingerprint density at radius 3 is 3.04 bits per heavy atom. The number of anilines is 1. The first kappa shape index (κ1) is 15.2. The van der Waals surface area contributed by atoms with Crippen LogP contribution in [0.3, 0.4) is 0 Å². The van der Waals surface area contributed by atoms with Gasteiger partial charge in [-0.05, 0) is 37.3 Å². The molecule has 3 heterocycles. The molecule has 24 heavy (non-hydrogen) atoms.